The van der Waals surface area contributed by atoms with Gasteiger partial charge >= 0.3 is 6.03 Å². The molecule has 0 aromatic heterocycles. The average molecular weight is 259 g/mol. The van der Waals surface area contributed by atoms with Crippen molar-refractivity contribution in [3.8, 4) is 0 Å². The Labute approximate surface area is 90.7 Å². The molecule has 4 nitrogen and oxygen atoms in total. The van der Waals surface area contributed by atoms with Gasteiger partial charge in [0.2, 0.25) is 0 Å². The van der Waals surface area contributed by atoms with E-state index in [0.29, 0.717) is 12.3 Å². The molecule has 0 radical (unpaired) electrons. The van der Waals surface area contributed by atoms with Crippen molar-refractivity contribution < 1.29 is 9.63 Å². The fourth-order valence-electron chi connectivity index (χ4n) is 0.848. The van der Waals surface area contributed by atoms with Gasteiger partial charge in [0.15, 0.2) is 0 Å². The summed E-state index contributed by atoms with van der Waals surface area (Å²) < 4.78 is 0.826. The van der Waals surface area contributed by atoms with E-state index in [1.54, 1.807) is 13.0 Å². The largest absolute Gasteiger partial charge is 0.343 e. The van der Waals surface area contributed by atoms with Gasteiger partial charge in [-0.3, -0.25) is 4.84 Å². The third kappa shape index (κ3) is 3.35. The molecule has 0 atom stereocenters. The summed E-state index contributed by atoms with van der Waals surface area (Å²) in [5, 5.41) is 2.62. The number of amides is 2. The number of hydroxylamine groups is 1. The summed E-state index contributed by atoms with van der Waals surface area (Å²) in [4.78, 5) is 15.9. The van der Waals surface area contributed by atoms with Crippen LogP contribution in [0.15, 0.2) is 28.7 Å². The molecule has 0 fully saturated rings. The molecule has 0 aliphatic rings. The number of hydrogen-bond acceptors (Lipinski definition) is 2. The van der Waals surface area contributed by atoms with E-state index in [1.165, 1.54) is 0 Å². The summed E-state index contributed by atoms with van der Waals surface area (Å²) >= 11 is 3.31. The third-order valence-electron chi connectivity index (χ3n) is 1.43. The van der Waals surface area contributed by atoms with Crippen molar-refractivity contribution in [1.82, 2.24) is 5.48 Å². The number of halogens is 1. The van der Waals surface area contributed by atoms with Crippen molar-refractivity contribution >= 4 is 27.6 Å². The van der Waals surface area contributed by atoms with E-state index in [2.05, 4.69) is 26.7 Å². The number of rotatable bonds is 3. The molecule has 14 heavy (non-hydrogen) atoms. The van der Waals surface area contributed by atoms with Gasteiger partial charge in [-0.1, -0.05) is 12.1 Å². The van der Waals surface area contributed by atoms with Gasteiger partial charge in [-0.15, -0.1) is 0 Å². The summed E-state index contributed by atoms with van der Waals surface area (Å²) in [7, 11) is 0. The summed E-state index contributed by atoms with van der Waals surface area (Å²) in [5.74, 6) is 0. The highest BCUT2D eigenvalue weighted by Crippen LogP contribution is 2.20. The van der Waals surface area contributed by atoms with Crippen LogP contribution in [0.4, 0.5) is 10.5 Å². The number of para-hydroxylation sites is 1. The topological polar surface area (TPSA) is 50.4 Å². The lowest BCUT2D eigenvalue weighted by Gasteiger charge is -2.07. The average Bonchev–Trinajstić information content (AvgIpc) is 2.18. The maximum atomic E-state index is 11.2. The molecule has 1 aromatic carbocycles. The molecule has 0 saturated heterocycles. The van der Waals surface area contributed by atoms with Crippen LogP contribution in [0, 0.1) is 0 Å². The van der Waals surface area contributed by atoms with Gasteiger partial charge in [0, 0.05) is 4.47 Å². The lowest BCUT2D eigenvalue weighted by atomic mass is 10.3. The Kier molecular flexibility index (Phi) is 4.42. The zero-order valence-corrected chi connectivity index (χ0v) is 9.30. The highest BCUT2D eigenvalue weighted by atomic mass is 79.9. The Morgan fingerprint density at radius 2 is 2.21 bits per heavy atom. The van der Waals surface area contributed by atoms with Crippen LogP contribution >= 0.6 is 15.9 Å². The van der Waals surface area contributed by atoms with Crippen molar-refractivity contribution in [2.24, 2.45) is 0 Å². The van der Waals surface area contributed by atoms with E-state index in [0.717, 1.165) is 4.47 Å². The van der Waals surface area contributed by atoms with Crippen LogP contribution < -0.4 is 10.8 Å². The molecule has 5 heteroatoms. The highest BCUT2D eigenvalue weighted by molar-refractivity contribution is 9.10. The monoisotopic (exact) mass is 258 g/mol. The van der Waals surface area contributed by atoms with Gasteiger partial charge in [0.1, 0.15) is 0 Å². The van der Waals surface area contributed by atoms with Crippen LogP contribution in [0.5, 0.6) is 0 Å². The maximum absolute atomic E-state index is 11.2. The Hall–Kier alpha value is -1.07. The van der Waals surface area contributed by atoms with Crippen molar-refractivity contribution in [3.05, 3.63) is 28.7 Å². The van der Waals surface area contributed by atoms with Crippen LogP contribution in [0.25, 0.3) is 0 Å². The minimum Gasteiger partial charge on any atom is -0.305 e. The van der Waals surface area contributed by atoms with E-state index in [9.17, 15) is 4.79 Å². The number of urea groups is 1. The van der Waals surface area contributed by atoms with Crippen LogP contribution in [0.2, 0.25) is 0 Å². The normalized spacial score (nSPS) is 9.57. The predicted molar refractivity (Wildman–Crippen MR) is 57.9 cm³/mol. The van der Waals surface area contributed by atoms with Gasteiger partial charge in [0.25, 0.3) is 0 Å². The molecule has 0 bridgehead atoms. The zero-order valence-electron chi connectivity index (χ0n) is 7.71. The standard InChI is InChI=1S/C9H11BrN2O2/c1-2-14-12-9(13)11-8-6-4-3-5-7(8)10/h3-6H,2H2,1H3,(H2,11,12,13). The van der Waals surface area contributed by atoms with E-state index in [4.69, 9.17) is 4.84 Å². The second kappa shape index (κ2) is 5.62. The molecule has 1 rings (SSSR count). The number of benzene rings is 1. The van der Waals surface area contributed by atoms with Crippen LogP contribution in [-0.4, -0.2) is 12.6 Å². The van der Waals surface area contributed by atoms with Gasteiger partial charge < -0.3 is 5.32 Å². The van der Waals surface area contributed by atoms with Crippen molar-refractivity contribution in [2.45, 2.75) is 6.92 Å². The van der Waals surface area contributed by atoms with Crippen LogP contribution in [0.1, 0.15) is 6.92 Å². The van der Waals surface area contributed by atoms with Crippen LogP contribution in [0.3, 0.4) is 0 Å². The Morgan fingerprint density at radius 1 is 1.50 bits per heavy atom. The molecular formula is C9H11BrN2O2. The molecule has 0 unspecified atom stereocenters. The quantitative estimate of drug-likeness (QED) is 0.819. The molecule has 0 heterocycles. The van der Waals surface area contributed by atoms with Gasteiger partial charge in [0.05, 0.1) is 12.3 Å². The summed E-state index contributed by atoms with van der Waals surface area (Å²) in [6, 6.07) is 6.95. The zero-order chi connectivity index (χ0) is 10.4. The smallest absolute Gasteiger partial charge is 0.305 e. The third-order valence-corrected chi connectivity index (χ3v) is 2.12. The predicted octanol–water partition coefficient (Wildman–Crippen LogP) is 2.52. The van der Waals surface area contributed by atoms with Crippen molar-refractivity contribution in [2.75, 3.05) is 11.9 Å². The lowest BCUT2D eigenvalue weighted by Crippen LogP contribution is -2.28. The van der Waals surface area contributed by atoms with E-state index in [-0.39, 0.29) is 0 Å². The highest BCUT2D eigenvalue weighted by Gasteiger charge is 2.02. The minimum absolute atomic E-state index is 0.390. The first-order chi connectivity index (χ1) is 6.74. The van der Waals surface area contributed by atoms with E-state index < -0.39 is 6.03 Å². The first-order valence-electron chi connectivity index (χ1n) is 4.17. The lowest BCUT2D eigenvalue weighted by molar-refractivity contribution is 0.0758. The molecule has 2 amide bonds. The molecule has 0 aliphatic heterocycles. The Morgan fingerprint density at radius 3 is 2.86 bits per heavy atom. The second-order valence-electron chi connectivity index (χ2n) is 2.47. The number of nitrogens with one attached hydrogen (secondary N) is 2. The van der Waals surface area contributed by atoms with Gasteiger partial charge in [-0.2, -0.15) is 0 Å². The fraction of sp³-hybridized carbons (Fsp3) is 0.222. The molecule has 76 valence electrons. The van der Waals surface area contributed by atoms with Crippen molar-refractivity contribution in [3.63, 3.8) is 0 Å². The van der Waals surface area contributed by atoms with Gasteiger partial charge in [-0.25, -0.2) is 10.3 Å². The SMILES string of the molecule is CCONC(=O)Nc1ccccc1Br. The molecule has 1 aromatic rings. The first-order valence-corrected chi connectivity index (χ1v) is 4.96. The second-order valence-corrected chi connectivity index (χ2v) is 3.32. The molecule has 0 aliphatic carbocycles. The van der Waals surface area contributed by atoms with Gasteiger partial charge in [-0.05, 0) is 35.0 Å². The minimum atomic E-state index is -0.390. The number of carbonyl (C=O) groups excluding carboxylic acids is 1. The van der Waals surface area contributed by atoms with E-state index >= 15 is 0 Å². The van der Waals surface area contributed by atoms with E-state index in [1.807, 2.05) is 18.2 Å². The van der Waals surface area contributed by atoms with Crippen molar-refractivity contribution in [1.29, 1.82) is 0 Å². The number of hydrogen-bond donors (Lipinski definition) is 2. The fourth-order valence-corrected chi connectivity index (χ4v) is 1.23. The molecular weight excluding hydrogens is 248 g/mol. The first kappa shape index (κ1) is 11.0. The van der Waals surface area contributed by atoms with Crippen LogP contribution in [-0.2, 0) is 4.84 Å². The number of anilines is 1. The summed E-state index contributed by atoms with van der Waals surface area (Å²) in [6.07, 6.45) is 0. The number of carbonyl (C=O) groups is 1. The summed E-state index contributed by atoms with van der Waals surface area (Å²) in [6.45, 7) is 2.22. The molecule has 0 saturated carbocycles. The molecule has 2 N–H and O–H groups in total. The maximum Gasteiger partial charge on any atom is 0.343 e. The summed E-state index contributed by atoms with van der Waals surface area (Å²) in [5.41, 5.74) is 2.94. The Balaban J connectivity index is 2.52. The Bertz CT molecular complexity index is 317. The molecule has 0 spiro atoms.